The third-order valence-electron chi connectivity index (χ3n) is 4.43. The van der Waals surface area contributed by atoms with Gasteiger partial charge in [-0.3, -0.25) is 4.90 Å². The summed E-state index contributed by atoms with van der Waals surface area (Å²) in [4.78, 5) is 2.28. The zero-order valence-electron chi connectivity index (χ0n) is 14.3. The second kappa shape index (κ2) is 6.78. The number of nitrogens with zero attached hydrogens (tertiary/aromatic N) is 4. The highest BCUT2D eigenvalue weighted by Crippen LogP contribution is 2.33. The van der Waals surface area contributed by atoms with Crippen molar-refractivity contribution in [1.82, 2.24) is 20.3 Å². The standard InChI is InChI=1S/C18H20N4O3/c1-12-11-23-9-8-22(12)10-15-19-20-18(24-15)16-13(2)25-21-17(16)14-6-4-3-5-7-14/h3-7,12H,8-11H2,1-2H3/t12-/m0/s1. The number of aromatic nitrogens is 3. The van der Waals surface area contributed by atoms with Crippen LogP contribution in [0.1, 0.15) is 18.6 Å². The highest BCUT2D eigenvalue weighted by atomic mass is 16.5. The lowest BCUT2D eigenvalue weighted by Gasteiger charge is -2.31. The van der Waals surface area contributed by atoms with Crippen LogP contribution in [-0.2, 0) is 11.3 Å². The molecule has 2 aromatic heterocycles. The van der Waals surface area contributed by atoms with Gasteiger partial charge in [0.15, 0.2) is 0 Å². The zero-order chi connectivity index (χ0) is 17.2. The summed E-state index contributed by atoms with van der Waals surface area (Å²) >= 11 is 0. The number of rotatable bonds is 4. The van der Waals surface area contributed by atoms with Crippen molar-refractivity contribution < 1.29 is 13.7 Å². The van der Waals surface area contributed by atoms with Crippen molar-refractivity contribution in [2.45, 2.75) is 26.4 Å². The minimum atomic E-state index is 0.335. The van der Waals surface area contributed by atoms with Crippen LogP contribution < -0.4 is 0 Å². The monoisotopic (exact) mass is 340 g/mol. The molecule has 0 amide bonds. The van der Waals surface area contributed by atoms with Gasteiger partial charge in [-0.15, -0.1) is 10.2 Å². The van der Waals surface area contributed by atoms with Crippen molar-refractivity contribution in [3.8, 4) is 22.7 Å². The minimum Gasteiger partial charge on any atom is -0.419 e. The molecule has 1 fully saturated rings. The second-order valence-electron chi connectivity index (χ2n) is 6.22. The van der Waals surface area contributed by atoms with Crippen molar-refractivity contribution >= 4 is 0 Å². The van der Waals surface area contributed by atoms with E-state index in [9.17, 15) is 0 Å². The maximum absolute atomic E-state index is 5.92. The van der Waals surface area contributed by atoms with Gasteiger partial charge in [0.05, 0.1) is 19.8 Å². The number of hydrogen-bond acceptors (Lipinski definition) is 7. The number of morpholine rings is 1. The Morgan fingerprint density at radius 2 is 2.04 bits per heavy atom. The molecule has 0 N–H and O–H groups in total. The summed E-state index contributed by atoms with van der Waals surface area (Å²) in [6.45, 7) is 6.91. The largest absolute Gasteiger partial charge is 0.419 e. The molecule has 1 aliphatic heterocycles. The van der Waals surface area contributed by atoms with Gasteiger partial charge in [-0.1, -0.05) is 35.5 Å². The van der Waals surface area contributed by atoms with E-state index in [1.165, 1.54) is 0 Å². The van der Waals surface area contributed by atoms with E-state index >= 15 is 0 Å². The summed E-state index contributed by atoms with van der Waals surface area (Å²) in [6, 6.07) is 10.2. The first-order chi connectivity index (χ1) is 12.2. The third-order valence-corrected chi connectivity index (χ3v) is 4.43. The Balaban J connectivity index is 1.61. The fourth-order valence-electron chi connectivity index (χ4n) is 3.01. The average Bonchev–Trinajstić information content (AvgIpc) is 3.24. The van der Waals surface area contributed by atoms with Crippen molar-refractivity contribution in [3.05, 3.63) is 42.0 Å². The molecular formula is C18H20N4O3. The molecule has 25 heavy (non-hydrogen) atoms. The van der Waals surface area contributed by atoms with E-state index in [0.29, 0.717) is 35.8 Å². The van der Waals surface area contributed by atoms with Crippen molar-refractivity contribution in [1.29, 1.82) is 0 Å². The predicted molar refractivity (Wildman–Crippen MR) is 90.7 cm³/mol. The summed E-state index contributed by atoms with van der Waals surface area (Å²) in [5.41, 5.74) is 2.42. The summed E-state index contributed by atoms with van der Waals surface area (Å²) in [5.74, 6) is 1.69. The maximum Gasteiger partial charge on any atom is 0.253 e. The van der Waals surface area contributed by atoms with Gasteiger partial charge in [0.2, 0.25) is 5.89 Å². The molecule has 7 nitrogen and oxygen atoms in total. The Bertz CT molecular complexity index is 843. The quantitative estimate of drug-likeness (QED) is 0.722. The van der Waals surface area contributed by atoms with Crippen LogP contribution in [0.25, 0.3) is 22.7 Å². The van der Waals surface area contributed by atoms with E-state index in [1.807, 2.05) is 37.3 Å². The van der Waals surface area contributed by atoms with Gasteiger partial charge in [-0.25, -0.2) is 0 Å². The summed E-state index contributed by atoms with van der Waals surface area (Å²) < 4.78 is 16.8. The van der Waals surface area contributed by atoms with Gasteiger partial charge in [0.1, 0.15) is 17.0 Å². The van der Waals surface area contributed by atoms with Crippen LogP contribution in [-0.4, -0.2) is 46.1 Å². The highest BCUT2D eigenvalue weighted by molar-refractivity contribution is 5.77. The Labute approximate surface area is 145 Å². The highest BCUT2D eigenvalue weighted by Gasteiger charge is 2.24. The molecule has 4 rings (SSSR count). The fraction of sp³-hybridized carbons (Fsp3) is 0.389. The van der Waals surface area contributed by atoms with Crippen molar-refractivity contribution in [2.24, 2.45) is 0 Å². The van der Waals surface area contributed by atoms with Crippen LogP contribution >= 0.6 is 0 Å². The first kappa shape index (κ1) is 16.0. The van der Waals surface area contributed by atoms with Crippen LogP contribution in [0.5, 0.6) is 0 Å². The van der Waals surface area contributed by atoms with E-state index in [0.717, 1.165) is 30.9 Å². The predicted octanol–water partition coefficient (Wildman–Crippen LogP) is 2.92. The lowest BCUT2D eigenvalue weighted by molar-refractivity contribution is -0.00777. The topological polar surface area (TPSA) is 77.4 Å². The third kappa shape index (κ3) is 3.20. The molecule has 3 aromatic rings. The van der Waals surface area contributed by atoms with Crippen LogP contribution in [0.15, 0.2) is 39.3 Å². The Morgan fingerprint density at radius 3 is 2.84 bits per heavy atom. The molecule has 0 spiro atoms. The van der Waals surface area contributed by atoms with Gasteiger partial charge < -0.3 is 13.7 Å². The second-order valence-corrected chi connectivity index (χ2v) is 6.22. The Hall–Kier alpha value is -2.51. The first-order valence-electron chi connectivity index (χ1n) is 8.38. The number of ether oxygens (including phenoxy) is 1. The Kier molecular flexibility index (Phi) is 4.33. The number of hydrogen-bond donors (Lipinski definition) is 0. The van der Waals surface area contributed by atoms with Crippen LogP contribution in [0.2, 0.25) is 0 Å². The van der Waals surface area contributed by atoms with Crippen LogP contribution in [0, 0.1) is 6.92 Å². The molecule has 0 bridgehead atoms. The molecule has 1 aliphatic rings. The molecule has 1 aromatic carbocycles. The average molecular weight is 340 g/mol. The van der Waals surface area contributed by atoms with Crippen molar-refractivity contribution in [2.75, 3.05) is 19.8 Å². The maximum atomic E-state index is 5.92. The SMILES string of the molecule is Cc1onc(-c2ccccc2)c1-c1nnc(CN2CCOC[C@@H]2C)o1. The van der Waals surface area contributed by atoms with Gasteiger partial charge in [0, 0.05) is 18.2 Å². The number of benzene rings is 1. The molecule has 0 saturated carbocycles. The van der Waals surface area contributed by atoms with Gasteiger partial charge >= 0.3 is 0 Å². The van der Waals surface area contributed by atoms with E-state index in [2.05, 4.69) is 27.2 Å². The molecule has 130 valence electrons. The summed E-state index contributed by atoms with van der Waals surface area (Å²) in [5, 5.41) is 12.6. The first-order valence-corrected chi connectivity index (χ1v) is 8.38. The van der Waals surface area contributed by atoms with E-state index < -0.39 is 0 Å². The van der Waals surface area contributed by atoms with E-state index in [1.54, 1.807) is 0 Å². The molecule has 7 heteroatoms. The van der Waals surface area contributed by atoms with Crippen molar-refractivity contribution in [3.63, 3.8) is 0 Å². The minimum absolute atomic E-state index is 0.335. The van der Waals surface area contributed by atoms with E-state index in [-0.39, 0.29) is 0 Å². The fourth-order valence-corrected chi connectivity index (χ4v) is 3.01. The summed E-state index contributed by atoms with van der Waals surface area (Å²) in [7, 11) is 0. The molecule has 0 radical (unpaired) electrons. The lowest BCUT2D eigenvalue weighted by Crippen LogP contribution is -2.42. The van der Waals surface area contributed by atoms with Gasteiger partial charge in [-0.05, 0) is 13.8 Å². The van der Waals surface area contributed by atoms with E-state index in [4.69, 9.17) is 13.7 Å². The van der Waals surface area contributed by atoms with Gasteiger partial charge in [0.25, 0.3) is 5.89 Å². The normalized spacial score (nSPS) is 18.6. The Morgan fingerprint density at radius 1 is 1.20 bits per heavy atom. The zero-order valence-corrected chi connectivity index (χ0v) is 14.3. The molecule has 1 saturated heterocycles. The molecule has 0 aliphatic carbocycles. The lowest BCUT2D eigenvalue weighted by atomic mass is 10.1. The molecule has 0 unspecified atom stereocenters. The smallest absolute Gasteiger partial charge is 0.253 e. The van der Waals surface area contributed by atoms with Crippen LogP contribution in [0.3, 0.4) is 0 Å². The molecular weight excluding hydrogens is 320 g/mol. The molecule has 3 heterocycles. The molecule has 1 atom stereocenters. The number of aryl methyl sites for hydroxylation is 1. The summed E-state index contributed by atoms with van der Waals surface area (Å²) in [6.07, 6.45) is 0. The van der Waals surface area contributed by atoms with Crippen LogP contribution in [0.4, 0.5) is 0 Å². The van der Waals surface area contributed by atoms with Gasteiger partial charge in [-0.2, -0.15) is 0 Å².